The van der Waals surface area contributed by atoms with Gasteiger partial charge in [-0.2, -0.15) is 0 Å². The fraction of sp³-hybridized carbons (Fsp3) is 0.412. The van der Waals surface area contributed by atoms with Gasteiger partial charge in [0.2, 0.25) is 5.91 Å². The lowest BCUT2D eigenvalue weighted by atomic mass is 9.85. The van der Waals surface area contributed by atoms with E-state index >= 15 is 0 Å². The second-order valence-electron chi connectivity index (χ2n) is 5.69. The van der Waals surface area contributed by atoms with Crippen molar-refractivity contribution in [1.29, 1.82) is 0 Å². The van der Waals surface area contributed by atoms with Gasteiger partial charge in [-0.3, -0.25) is 4.79 Å². The van der Waals surface area contributed by atoms with Crippen LogP contribution in [0.1, 0.15) is 35.4 Å². The molecule has 0 radical (unpaired) electrons. The van der Waals surface area contributed by atoms with Crippen LogP contribution in [0.25, 0.3) is 10.6 Å². The van der Waals surface area contributed by atoms with Crippen molar-refractivity contribution in [3.05, 3.63) is 40.4 Å². The fourth-order valence-corrected chi connectivity index (χ4v) is 3.59. The minimum atomic E-state index is 0.200. The van der Waals surface area contributed by atoms with Gasteiger partial charge < -0.3 is 5.32 Å². The van der Waals surface area contributed by atoms with Crippen molar-refractivity contribution in [2.24, 2.45) is 5.92 Å². The van der Waals surface area contributed by atoms with Gasteiger partial charge in [-0.1, -0.05) is 30.7 Å². The van der Waals surface area contributed by atoms with Crippen molar-refractivity contribution in [3.63, 3.8) is 0 Å². The van der Waals surface area contributed by atoms with Crippen LogP contribution in [0.2, 0.25) is 0 Å². The third-order valence-corrected chi connectivity index (χ3v) is 5.36. The van der Waals surface area contributed by atoms with Crippen LogP contribution in [0.4, 0.5) is 0 Å². The van der Waals surface area contributed by atoms with E-state index in [0.29, 0.717) is 6.54 Å². The Labute approximate surface area is 129 Å². The van der Waals surface area contributed by atoms with Gasteiger partial charge in [-0.15, -0.1) is 11.3 Å². The molecule has 0 unspecified atom stereocenters. The molecule has 1 aliphatic carbocycles. The molecule has 0 spiro atoms. The molecule has 1 aliphatic rings. The zero-order valence-electron chi connectivity index (χ0n) is 12.5. The quantitative estimate of drug-likeness (QED) is 0.932. The maximum atomic E-state index is 11.9. The van der Waals surface area contributed by atoms with Crippen LogP contribution < -0.4 is 5.32 Å². The molecule has 21 heavy (non-hydrogen) atoms. The van der Waals surface area contributed by atoms with Crippen LogP contribution in [0.3, 0.4) is 0 Å². The van der Waals surface area contributed by atoms with E-state index in [1.54, 1.807) is 11.3 Å². The molecule has 1 aromatic heterocycles. The largest absolute Gasteiger partial charge is 0.351 e. The molecule has 1 N–H and O–H groups in total. The van der Waals surface area contributed by atoms with E-state index in [-0.39, 0.29) is 11.8 Å². The monoisotopic (exact) mass is 300 g/mol. The minimum Gasteiger partial charge on any atom is -0.351 e. The summed E-state index contributed by atoms with van der Waals surface area (Å²) in [6.45, 7) is 4.72. The number of thiazole rings is 1. The summed E-state index contributed by atoms with van der Waals surface area (Å²) in [4.78, 5) is 17.7. The average Bonchev–Trinajstić information content (AvgIpc) is 2.76. The predicted octanol–water partition coefficient (Wildman–Crippen LogP) is 3.84. The van der Waals surface area contributed by atoms with Crippen LogP contribution in [0.15, 0.2) is 24.3 Å². The first-order chi connectivity index (χ1) is 10.1. The molecule has 3 rings (SSSR count). The van der Waals surface area contributed by atoms with Crippen molar-refractivity contribution >= 4 is 17.2 Å². The van der Waals surface area contributed by atoms with Crippen LogP contribution in [0.5, 0.6) is 0 Å². The van der Waals surface area contributed by atoms with Crippen molar-refractivity contribution in [1.82, 2.24) is 10.3 Å². The van der Waals surface area contributed by atoms with Crippen LogP contribution in [0, 0.1) is 19.8 Å². The number of amides is 1. The van der Waals surface area contributed by atoms with Crippen molar-refractivity contribution in [3.8, 4) is 10.6 Å². The highest BCUT2D eigenvalue weighted by Crippen LogP contribution is 2.30. The first kappa shape index (κ1) is 14.3. The molecule has 2 aromatic rings. The van der Waals surface area contributed by atoms with Gasteiger partial charge in [0.05, 0.1) is 12.2 Å². The molecule has 1 fully saturated rings. The third kappa shape index (κ3) is 3.00. The number of hydrogen-bond acceptors (Lipinski definition) is 3. The van der Waals surface area contributed by atoms with Gasteiger partial charge in [-0.25, -0.2) is 4.98 Å². The highest BCUT2D eigenvalue weighted by Gasteiger charge is 2.25. The second kappa shape index (κ2) is 5.98. The number of hydrogen-bond donors (Lipinski definition) is 1. The van der Waals surface area contributed by atoms with Gasteiger partial charge in [0.1, 0.15) is 5.01 Å². The fourth-order valence-electron chi connectivity index (χ4n) is 2.50. The standard InChI is InChI=1S/C17H20N2OS/c1-11-6-3-4-9-14(11)17-19-12(2)15(21-17)10-18-16(20)13-7-5-8-13/h3-4,6,9,13H,5,7-8,10H2,1-2H3,(H,18,20). The first-order valence-electron chi connectivity index (χ1n) is 7.45. The number of carbonyl (C=O) groups excluding carboxylic acids is 1. The number of carbonyl (C=O) groups is 1. The van der Waals surface area contributed by atoms with Gasteiger partial charge in [-0.05, 0) is 32.3 Å². The average molecular weight is 300 g/mol. The number of rotatable bonds is 4. The Bertz CT molecular complexity index is 659. The molecule has 3 nitrogen and oxygen atoms in total. The molecule has 1 aromatic carbocycles. The Hall–Kier alpha value is -1.68. The molecule has 110 valence electrons. The summed E-state index contributed by atoms with van der Waals surface area (Å²) >= 11 is 1.68. The number of aromatic nitrogens is 1. The molecular formula is C17H20N2OS. The summed E-state index contributed by atoms with van der Waals surface area (Å²) in [6.07, 6.45) is 3.28. The summed E-state index contributed by atoms with van der Waals surface area (Å²) in [5.74, 6) is 0.445. The Balaban J connectivity index is 1.72. The Morgan fingerprint density at radius 2 is 2.10 bits per heavy atom. The molecule has 1 amide bonds. The number of aryl methyl sites for hydroxylation is 2. The number of nitrogens with one attached hydrogen (secondary N) is 1. The van der Waals surface area contributed by atoms with Gasteiger partial charge in [0.15, 0.2) is 0 Å². The van der Waals surface area contributed by atoms with E-state index in [0.717, 1.165) is 28.4 Å². The Morgan fingerprint density at radius 1 is 1.33 bits per heavy atom. The normalized spacial score (nSPS) is 14.8. The molecule has 0 atom stereocenters. The van der Waals surface area contributed by atoms with E-state index in [4.69, 9.17) is 0 Å². The lowest BCUT2D eigenvalue weighted by Gasteiger charge is -2.23. The first-order valence-corrected chi connectivity index (χ1v) is 8.27. The third-order valence-electron chi connectivity index (χ3n) is 4.17. The molecule has 0 saturated heterocycles. The summed E-state index contributed by atoms with van der Waals surface area (Å²) in [7, 11) is 0. The Morgan fingerprint density at radius 3 is 2.76 bits per heavy atom. The van der Waals surface area contributed by atoms with E-state index in [9.17, 15) is 4.79 Å². The summed E-state index contributed by atoms with van der Waals surface area (Å²) in [6, 6.07) is 8.28. The lowest BCUT2D eigenvalue weighted by Crippen LogP contribution is -2.33. The Kier molecular flexibility index (Phi) is 4.06. The summed E-state index contributed by atoms with van der Waals surface area (Å²) in [5.41, 5.74) is 3.44. The van der Waals surface area contributed by atoms with Crippen molar-refractivity contribution in [2.45, 2.75) is 39.7 Å². The molecule has 0 bridgehead atoms. The maximum absolute atomic E-state index is 11.9. The topological polar surface area (TPSA) is 42.0 Å². The second-order valence-corrected chi connectivity index (χ2v) is 6.77. The summed E-state index contributed by atoms with van der Waals surface area (Å²) < 4.78 is 0. The molecular weight excluding hydrogens is 280 g/mol. The van der Waals surface area contributed by atoms with Crippen LogP contribution >= 0.6 is 11.3 Å². The number of nitrogens with zero attached hydrogens (tertiary/aromatic N) is 1. The molecule has 1 heterocycles. The zero-order valence-corrected chi connectivity index (χ0v) is 13.3. The van der Waals surface area contributed by atoms with Gasteiger partial charge in [0.25, 0.3) is 0 Å². The highest BCUT2D eigenvalue weighted by molar-refractivity contribution is 7.15. The van der Waals surface area contributed by atoms with E-state index in [1.165, 1.54) is 17.5 Å². The minimum absolute atomic E-state index is 0.200. The lowest BCUT2D eigenvalue weighted by molar-refractivity contribution is -0.127. The predicted molar refractivity (Wildman–Crippen MR) is 86.2 cm³/mol. The smallest absolute Gasteiger partial charge is 0.223 e. The molecule has 1 saturated carbocycles. The zero-order chi connectivity index (χ0) is 14.8. The van der Waals surface area contributed by atoms with E-state index in [2.05, 4.69) is 29.4 Å². The van der Waals surface area contributed by atoms with Crippen LogP contribution in [-0.2, 0) is 11.3 Å². The number of benzene rings is 1. The van der Waals surface area contributed by atoms with Crippen molar-refractivity contribution < 1.29 is 4.79 Å². The van der Waals surface area contributed by atoms with Crippen LogP contribution in [-0.4, -0.2) is 10.9 Å². The highest BCUT2D eigenvalue weighted by atomic mass is 32.1. The SMILES string of the molecule is Cc1ccccc1-c1nc(C)c(CNC(=O)C2CCC2)s1. The van der Waals surface area contributed by atoms with Gasteiger partial charge >= 0.3 is 0 Å². The summed E-state index contributed by atoms with van der Waals surface area (Å²) in [5, 5.41) is 4.09. The molecule has 4 heteroatoms. The van der Waals surface area contributed by atoms with E-state index in [1.807, 2.05) is 19.1 Å². The maximum Gasteiger partial charge on any atom is 0.223 e. The van der Waals surface area contributed by atoms with Gasteiger partial charge in [0, 0.05) is 16.4 Å². The van der Waals surface area contributed by atoms with E-state index < -0.39 is 0 Å². The van der Waals surface area contributed by atoms with Crippen molar-refractivity contribution in [2.75, 3.05) is 0 Å². The molecule has 0 aliphatic heterocycles.